The van der Waals surface area contributed by atoms with Crippen molar-refractivity contribution in [3.8, 4) is 0 Å². The van der Waals surface area contributed by atoms with Crippen molar-refractivity contribution >= 4 is 23.3 Å². The first kappa shape index (κ1) is 16.9. The maximum atomic E-state index is 12.1. The van der Waals surface area contributed by atoms with Gasteiger partial charge in [-0.05, 0) is 63.3 Å². The number of hydrogen-bond acceptors (Lipinski definition) is 2. The maximum Gasteiger partial charge on any atom is 0.410 e. The fourth-order valence-corrected chi connectivity index (χ4v) is 2.66. The van der Waals surface area contributed by atoms with Gasteiger partial charge in [-0.1, -0.05) is 29.8 Å². The van der Waals surface area contributed by atoms with Crippen LogP contribution in [-0.4, -0.2) is 29.7 Å². The van der Waals surface area contributed by atoms with E-state index in [0.717, 1.165) is 22.6 Å². The summed E-state index contributed by atoms with van der Waals surface area (Å²) in [6.07, 6.45) is 2.70. The van der Waals surface area contributed by atoms with Gasteiger partial charge in [0.2, 0.25) is 0 Å². The molecule has 0 aliphatic carbocycles. The molecule has 1 aliphatic rings. The molecule has 1 heterocycles. The molecular weight excluding hydrogens is 298 g/mol. The standard InChI is InChI=1S/C18H24ClNO2/c1-12-10-15(11-13(2)16(12)19)14-6-8-20(9-7-14)17(21)22-18(3,4)5/h6,10-11H,7-9H2,1-5H3. The van der Waals surface area contributed by atoms with Gasteiger partial charge in [0.05, 0.1) is 0 Å². The van der Waals surface area contributed by atoms with Crippen LogP contribution in [-0.2, 0) is 4.74 Å². The van der Waals surface area contributed by atoms with Crippen LogP contribution >= 0.6 is 11.6 Å². The van der Waals surface area contributed by atoms with Gasteiger partial charge in [-0.2, -0.15) is 0 Å². The normalized spacial score (nSPS) is 15.5. The summed E-state index contributed by atoms with van der Waals surface area (Å²) in [5.41, 5.74) is 4.19. The predicted molar refractivity (Wildman–Crippen MR) is 91.3 cm³/mol. The molecule has 0 saturated carbocycles. The molecule has 4 heteroatoms. The third-order valence-corrected chi connectivity index (χ3v) is 4.26. The van der Waals surface area contributed by atoms with Crippen LogP contribution < -0.4 is 0 Å². The van der Waals surface area contributed by atoms with E-state index in [4.69, 9.17) is 16.3 Å². The molecule has 1 amide bonds. The molecule has 0 radical (unpaired) electrons. The summed E-state index contributed by atoms with van der Waals surface area (Å²) in [5.74, 6) is 0. The summed E-state index contributed by atoms with van der Waals surface area (Å²) in [5, 5.41) is 0.829. The smallest absolute Gasteiger partial charge is 0.410 e. The Bertz CT molecular complexity index is 591. The van der Waals surface area contributed by atoms with E-state index < -0.39 is 5.60 Å². The molecule has 1 aromatic rings. The van der Waals surface area contributed by atoms with E-state index in [1.807, 2.05) is 34.6 Å². The fraction of sp³-hybridized carbons (Fsp3) is 0.500. The van der Waals surface area contributed by atoms with Crippen molar-refractivity contribution in [3.05, 3.63) is 39.9 Å². The lowest BCUT2D eigenvalue weighted by atomic mass is 9.96. The van der Waals surface area contributed by atoms with Crippen molar-refractivity contribution < 1.29 is 9.53 Å². The molecule has 3 nitrogen and oxygen atoms in total. The Morgan fingerprint density at radius 2 is 1.82 bits per heavy atom. The molecule has 0 bridgehead atoms. The van der Waals surface area contributed by atoms with E-state index in [2.05, 4.69) is 18.2 Å². The minimum absolute atomic E-state index is 0.244. The SMILES string of the molecule is Cc1cc(C2=CCN(C(=O)OC(C)(C)C)CC2)cc(C)c1Cl. The number of nitrogens with zero attached hydrogens (tertiary/aromatic N) is 1. The van der Waals surface area contributed by atoms with Gasteiger partial charge in [0.1, 0.15) is 5.60 Å². The first-order chi connectivity index (χ1) is 10.2. The van der Waals surface area contributed by atoms with Crippen LogP contribution in [0, 0.1) is 13.8 Å². The number of rotatable bonds is 1. The Balaban J connectivity index is 2.10. The average molecular weight is 322 g/mol. The van der Waals surface area contributed by atoms with Crippen LogP contribution in [0.1, 0.15) is 43.9 Å². The molecule has 0 atom stereocenters. The molecule has 0 N–H and O–H groups in total. The molecule has 120 valence electrons. The van der Waals surface area contributed by atoms with Gasteiger partial charge >= 0.3 is 6.09 Å². The van der Waals surface area contributed by atoms with Gasteiger partial charge in [0.15, 0.2) is 0 Å². The number of benzene rings is 1. The zero-order chi connectivity index (χ0) is 16.5. The monoisotopic (exact) mass is 321 g/mol. The van der Waals surface area contributed by atoms with Crippen molar-refractivity contribution in [2.24, 2.45) is 0 Å². The Labute approximate surface area is 137 Å². The van der Waals surface area contributed by atoms with Crippen LogP contribution in [0.15, 0.2) is 18.2 Å². The average Bonchev–Trinajstić information content (AvgIpc) is 2.42. The molecule has 0 spiro atoms. The Morgan fingerprint density at radius 1 is 1.23 bits per heavy atom. The molecule has 2 rings (SSSR count). The number of aryl methyl sites for hydroxylation is 2. The minimum atomic E-state index is -0.453. The summed E-state index contributed by atoms with van der Waals surface area (Å²) < 4.78 is 5.41. The molecule has 22 heavy (non-hydrogen) atoms. The highest BCUT2D eigenvalue weighted by molar-refractivity contribution is 6.32. The summed E-state index contributed by atoms with van der Waals surface area (Å²) >= 11 is 6.23. The third kappa shape index (κ3) is 4.04. The van der Waals surface area contributed by atoms with Crippen LogP contribution in [0.25, 0.3) is 5.57 Å². The fourth-order valence-electron chi connectivity index (χ4n) is 2.55. The maximum absolute atomic E-state index is 12.1. The largest absolute Gasteiger partial charge is 0.444 e. The first-order valence-corrected chi connectivity index (χ1v) is 7.99. The van der Waals surface area contributed by atoms with Crippen LogP contribution in [0.3, 0.4) is 0 Å². The van der Waals surface area contributed by atoms with Crippen molar-refractivity contribution in [1.29, 1.82) is 0 Å². The highest BCUT2D eigenvalue weighted by Crippen LogP contribution is 2.29. The number of amides is 1. The summed E-state index contributed by atoms with van der Waals surface area (Å²) in [4.78, 5) is 13.8. The quantitative estimate of drug-likeness (QED) is 0.730. The molecular formula is C18H24ClNO2. The molecule has 0 unspecified atom stereocenters. The van der Waals surface area contributed by atoms with Gasteiger partial charge < -0.3 is 9.64 Å². The number of hydrogen-bond donors (Lipinski definition) is 0. The van der Waals surface area contributed by atoms with E-state index in [9.17, 15) is 4.79 Å². The minimum Gasteiger partial charge on any atom is -0.444 e. The third-order valence-electron chi connectivity index (χ3n) is 3.67. The second-order valence-electron chi connectivity index (χ2n) is 6.83. The van der Waals surface area contributed by atoms with Gasteiger partial charge in [-0.15, -0.1) is 0 Å². The van der Waals surface area contributed by atoms with E-state index in [-0.39, 0.29) is 6.09 Å². The number of carbonyl (C=O) groups excluding carboxylic acids is 1. The summed E-state index contributed by atoms with van der Waals surface area (Å²) in [6.45, 7) is 11.0. The Hall–Kier alpha value is -1.48. The molecule has 0 fully saturated rings. The van der Waals surface area contributed by atoms with E-state index in [1.54, 1.807) is 4.90 Å². The van der Waals surface area contributed by atoms with Gasteiger partial charge in [0, 0.05) is 18.1 Å². The highest BCUT2D eigenvalue weighted by Gasteiger charge is 2.24. The van der Waals surface area contributed by atoms with Crippen molar-refractivity contribution in [1.82, 2.24) is 4.90 Å². The molecule has 0 saturated heterocycles. The second kappa shape index (κ2) is 6.33. The summed E-state index contributed by atoms with van der Waals surface area (Å²) in [7, 11) is 0. The lowest BCUT2D eigenvalue weighted by molar-refractivity contribution is 0.0270. The molecule has 1 aromatic carbocycles. The number of halogens is 1. The van der Waals surface area contributed by atoms with E-state index in [0.29, 0.717) is 13.1 Å². The Kier molecular flexibility index (Phi) is 4.86. The van der Waals surface area contributed by atoms with Crippen LogP contribution in [0.5, 0.6) is 0 Å². The van der Waals surface area contributed by atoms with Crippen molar-refractivity contribution in [3.63, 3.8) is 0 Å². The highest BCUT2D eigenvalue weighted by atomic mass is 35.5. The van der Waals surface area contributed by atoms with Gasteiger partial charge in [-0.25, -0.2) is 4.79 Å². The van der Waals surface area contributed by atoms with Crippen LogP contribution in [0.4, 0.5) is 4.79 Å². The second-order valence-corrected chi connectivity index (χ2v) is 7.21. The topological polar surface area (TPSA) is 29.5 Å². The lowest BCUT2D eigenvalue weighted by Gasteiger charge is -2.29. The van der Waals surface area contributed by atoms with Gasteiger partial charge in [-0.3, -0.25) is 0 Å². The number of ether oxygens (including phenoxy) is 1. The van der Waals surface area contributed by atoms with E-state index >= 15 is 0 Å². The predicted octanol–water partition coefficient (Wildman–Crippen LogP) is 4.98. The zero-order valence-electron chi connectivity index (χ0n) is 14.0. The first-order valence-electron chi connectivity index (χ1n) is 7.61. The summed E-state index contributed by atoms with van der Waals surface area (Å²) in [6, 6.07) is 4.23. The number of carbonyl (C=O) groups is 1. The van der Waals surface area contributed by atoms with Crippen molar-refractivity contribution in [2.75, 3.05) is 13.1 Å². The van der Waals surface area contributed by atoms with E-state index in [1.165, 1.54) is 11.1 Å². The Morgan fingerprint density at radius 3 is 2.27 bits per heavy atom. The molecule has 0 aromatic heterocycles. The van der Waals surface area contributed by atoms with Crippen molar-refractivity contribution in [2.45, 2.75) is 46.6 Å². The van der Waals surface area contributed by atoms with Crippen LogP contribution in [0.2, 0.25) is 5.02 Å². The molecule has 1 aliphatic heterocycles. The lowest BCUT2D eigenvalue weighted by Crippen LogP contribution is -2.39. The van der Waals surface area contributed by atoms with Gasteiger partial charge in [0.25, 0.3) is 0 Å². The zero-order valence-corrected chi connectivity index (χ0v) is 14.8.